The van der Waals surface area contributed by atoms with E-state index >= 15 is 0 Å². The number of halogens is 1. The third-order valence-electron chi connectivity index (χ3n) is 0.348. The lowest BCUT2D eigenvalue weighted by Gasteiger charge is -1.98. The van der Waals surface area contributed by atoms with Crippen LogP contribution < -0.4 is 5.09 Å². The molecule has 44 valence electrons. The molecule has 0 amide bonds. The van der Waals surface area contributed by atoms with Gasteiger partial charge >= 0.3 is 0 Å². The van der Waals surface area contributed by atoms with Gasteiger partial charge in [-0.05, 0) is 0 Å². The van der Waals surface area contributed by atoms with Gasteiger partial charge in [-0.3, -0.25) is 0 Å². The van der Waals surface area contributed by atoms with Gasteiger partial charge in [-0.2, -0.15) is 0 Å². The van der Waals surface area contributed by atoms with Crippen LogP contribution in [0.2, 0.25) is 0 Å². The smallest absolute Gasteiger partial charge is 0.250 e. The van der Waals surface area contributed by atoms with Gasteiger partial charge < -0.3 is 9.79 Å². The lowest BCUT2D eigenvalue weighted by molar-refractivity contribution is 0.467. The SMILES string of the molecule is OP(O)NCCCl. The first kappa shape index (κ1) is 7.60. The van der Waals surface area contributed by atoms with Crippen molar-refractivity contribution in [3.63, 3.8) is 0 Å². The van der Waals surface area contributed by atoms with Gasteiger partial charge in [0.25, 0.3) is 0 Å². The maximum absolute atomic E-state index is 8.13. The first-order valence-electron chi connectivity index (χ1n) is 1.74. The number of alkyl halides is 1. The molecule has 0 aliphatic rings. The monoisotopic (exact) mass is 143 g/mol. The summed E-state index contributed by atoms with van der Waals surface area (Å²) in [6.45, 7) is 0.445. The zero-order valence-corrected chi connectivity index (χ0v) is 5.28. The molecule has 0 radical (unpaired) electrons. The Morgan fingerprint density at radius 1 is 1.57 bits per heavy atom. The van der Waals surface area contributed by atoms with E-state index in [1.807, 2.05) is 0 Å². The predicted octanol–water partition coefficient (Wildman–Crippen LogP) is 0.0263. The van der Waals surface area contributed by atoms with E-state index in [0.29, 0.717) is 12.4 Å². The van der Waals surface area contributed by atoms with E-state index in [-0.39, 0.29) is 0 Å². The topological polar surface area (TPSA) is 52.5 Å². The van der Waals surface area contributed by atoms with Gasteiger partial charge in [-0.15, -0.1) is 11.6 Å². The van der Waals surface area contributed by atoms with Gasteiger partial charge in [0.1, 0.15) is 0 Å². The molecule has 0 aliphatic heterocycles. The van der Waals surface area contributed by atoms with Crippen molar-refractivity contribution < 1.29 is 9.79 Å². The molecule has 3 N–H and O–H groups in total. The molecule has 0 saturated carbocycles. The fraction of sp³-hybridized carbons (Fsp3) is 1.00. The van der Waals surface area contributed by atoms with Crippen molar-refractivity contribution in [1.82, 2.24) is 5.09 Å². The molecule has 0 rings (SSSR count). The Kier molecular flexibility index (Phi) is 5.16. The van der Waals surface area contributed by atoms with Crippen molar-refractivity contribution in [2.75, 3.05) is 12.4 Å². The predicted molar refractivity (Wildman–Crippen MR) is 30.1 cm³/mol. The Balaban J connectivity index is 2.68. The molecule has 0 aromatic carbocycles. The third kappa shape index (κ3) is 6.60. The van der Waals surface area contributed by atoms with E-state index in [0.717, 1.165) is 0 Å². The quantitative estimate of drug-likeness (QED) is 0.386. The molecule has 0 aliphatic carbocycles. The second-order valence-corrected chi connectivity index (χ2v) is 2.16. The molecule has 0 saturated heterocycles. The summed E-state index contributed by atoms with van der Waals surface area (Å²) in [4.78, 5) is 16.3. The van der Waals surface area contributed by atoms with E-state index in [4.69, 9.17) is 21.4 Å². The van der Waals surface area contributed by atoms with Crippen molar-refractivity contribution in [2.24, 2.45) is 0 Å². The highest BCUT2D eigenvalue weighted by Gasteiger charge is 1.91. The maximum Gasteiger partial charge on any atom is 0.250 e. The minimum Gasteiger partial charge on any atom is -0.338 e. The summed E-state index contributed by atoms with van der Waals surface area (Å²) in [7, 11) is -1.94. The summed E-state index contributed by atoms with van der Waals surface area (Å²) in [6.07, 6.45) is 0. The lowest BCUT2D eigenvalue weighted by Crippen LogP contribution is -2.08. The van der Waals surface area contributed by atoms with Gasteiger partial charge in [0.15, 0.2) is 0 Å². The standard InChI is InChI=1S/C2H7ClNO2P/c3-1-2-4-7(5)6/h4-6H,1-2H2. The van der Waals surface area contributed by atoms with Crippen LogP contribution in [0.1, 0.15) is 0 Å². The zero-order chi connectivity index (χ0) is 5.70. The second-order valence-electron chi connectivity index (χ2n) is 0.887. The van der Waals surface area contributed by atoms with Gasteiger partial charge in [0, 0.05) is 12.4 Å². The van der Waals surface area contributed by atoms with Crippen LogP contribution in [0.3, 0.4) is 0 Å². The van der Waals surface area contributed by atoms with E-state index in [9.17, 15) is 0 Å². The van der Waals surface area contributed by atoms with E-state index in [1.165, 1.54) is 0 Å². The van der Waals surface area contributed by atoms with Crippen molar-refractivity contribution in [3.8, 4) is 0 Å². The first-order chi connectivity index (χ1) is 3.27. The number of hydrogen-bond acceptors (Lipinski definition) is 3. The molecule has 0 atom stereocenters. The second kappa shape index (κ2) is 4.75. The van der Waals surface area contributed by atoms with Crippen LogP contribution in [0.25, 0.3) is 0 Å². The molecular formula is C2H7ClNO2P. The fourth-order valence-electron chi connectivity index (χ4n) is 0.142. The van der Waals surface area contributed by atoms with Crippen LogP contribution in [0.15, 0.2) is 0 Å². The van der Waals surface area contributed by atoms with Crippen LogP contribution in [0.4, 0.5) is 0 Å². The summed E-state index contributed by atoms with van der Waals surface area (Å²) in [5.41, 5.74) is 0. The van der Waals surface area contributed by atoms with Crippen molar-refractivity contribution in [3.05, 3.63) is 0 Å². The zero-order valence-electron chi connectivity index (χ0n) is 3.63. The van der Waals surface area contributed by atoms with Crippen LogP contribution in [-0.2, 0) is 0 Å². The Bertz CT molecular complexity index is 44.7. The van der Waals surface area contributed by atoms with Gasteiger partial charge in [0.2, 0.25) is 8.53 Å². The Morgan fingerprint density at radius 2 is 2.14 bits per heavy atom. The normalized spacial score (nSPS) is 10.3. The molecule has 0 bridgehead atoms. The fourth-order valence-corrected chi connectivity index (χ4v) is 0.680. The highest BCUT2D eigenvalue weighted by atomic mass is 35.5. The van der Waals surface area contributed by atoms with Gasteiger partial charge in [-0.25, -0.2) is 5.09 Å². The Labute approximate surface area is 48.3 Å². The molecule has 5 heteroatoms. The first-order valence-corrected chi connectivity index (χ1v) is 3.53. The number of rotatable bonds is 3. The molecule has 0 spiro atoms. The summed E-state index contributed by atoms with van der Waals surface area (Å²) in [5.74, 6) is 0.403. The maximum atomic E-state index is 8.13. The Hall–Kier alpha value is 0.600. The summed E-state index contributed by atoms with van der Waals surface area (Å²) < 4.78 is 0. The molecule has 7 heavy (non-hydrogen) atoms. The molecule has 0 aromatic heterocycles. The van der Waals surface area contributed by atoms with E-state index < -0.39 is 8.53 Å². The average Bonchev–Trinajstić information content (AvgIpc) is 1.61. The lowest BCUT2D eigenvalue weighted by atomic mass is 10.8. The van der Waals surface area contributed by atoms with Crippen LogP contribution in [0.5, 0.6) is 0 Å². The number of hydrogen-bond donors (Lipinski definition) is 3. The Morgan fingerprint density at radius 3 is 2.29 bits per heavy atom. The largest absolute Gasteiger partial charge is 0.338 e. The minimum atomic E-state index is -1.94. The highest BCUT2D eigenvalue weighted by molar-refractivity contribution is 7.42. The molecule has 0 aromatic rings. The highest BCUT2D eigenvalue weighted by Crippen LogP contribution is 2.13. The van der Waals surface area contributed by atoms with Crippen LogP contribution in [-0.4, -0.2) is 22.2 Å². The van der Waals surface area contributed by atoms with Crippen molar-refractivity contribution in [2.45, 2.75) is 0 Å². The van der Waals surface area contributed by atoms with Crippen molar-refractivity contribution >= 4 is 20.1 Å². The average molecular weight is 144 g/mol. The summed E-state index contributed by atoms with van der Waals surface area (Å²) >= 11 is 5.17. The molecule has 3 nitrogen and oxygen atoms in total. The van der Waals surface area contributed by atoms with Gasteiger partial charge in [-0.1, -0.05) is 0 Å². The minimum absolute atomic E-state index is 0.403. The molecule has 0 unspecified atom stereocenters. The van der Waals surface area contributed by atoms with Crippen molar-refractivity contribution in [1.29, 1.82) is 0 Å². The molecule has 0 fully saturated rings. The summed E-state index contributed by atoms with van der Waals surface area (Å²) in [5, 5.41) is 2.34. The van der Waals surface area contributed by atoms with E-state index in [1.54, 1.807) is 0 Å². The molecular weight excluding hydrogens is 136 g/mol. The van der Waals surface area contributed by atoms with Crippen LogP contribution >= 0.6 is 20.1 Å². The number of nitrogens with one attached hydrogen (secondary N) is 1. The third-order valence-corrected chi connectivity index (χ3v) is 1.04. The molecule has 0 heterocycles. The van der Waals surface area contributed by atoms with Gasteiger partial charge in [0.05, 0.1) is 0 Å². The summed E-state index contributed by atoms with van der Waals surface area (Å²) in [6, 6.07) is 0. The van der Waals surface area contributed by atoms with Crippen LogP contribution in [0, 0.1) is 0 Å². The van der Waals surface area contributed by atoms with E-state index in [2.05, 4.69) is 5.09 Å².